The SMILES string of the molecule is CC(C)c1nn(CC(=O)Nc2ccncn2)c(=O)c2cc(F)cn12. The van der Waals surface area contributed by atoms with E-state index in [2.05, 4.69) is 20.4 Å². The lowest BCUT2D eigenvalue weighted by Gasteiger charge is -2.12. The Morgan fingerprint density at radius 3 is 2.88 bits per heavy atom. The Kier molecular flexibility index (Phi) is 4.07. The summed E-state index contributed by atoms with van der Waals surface area (Å²) in [6.45, 7) is 3.44. The number of carbonyl (C=O) groups excluding carboxylic acids is 1. The van der Waals surface area contributed by atoms with Crippen LogP contribution in [0.1, 0.15) is 25.6 Å². The number of halogens is 1. The van der Waals surface area contributed by atoms with Crippen LogP contribution in [0.2, 0.25) is 0 Å². The Labute approximate surface area is 136 Å². The van der Waals surface area contributed by atoms with E-state index in [0.29, 0.717) is 11.6 Å². The quantitative estimate of drug-likeness (QED) is 0.775. The Bertz CT molecular complexity index is 948. The van der Waals surface area contributed by atoms with Gasteiger partial charge in [-0.05, 0) is 6.07 Å². The van der Waals surface area contributed by atoms with Crippen molar-refractivity contribution in [2.24, 2.45) is 0 Å². The molecule has 0 aromatic carbocycles. The number of carbonyl (C=O) groups is 1. The molecule has 0 spiro atoms. The van der Waals surface area contributed by atoms with Gasteiger partial charge in [-0.3, -0.25) is 14.0 Å². The van der Waals surface area contributed by atoms with Crippen molar-refractivity contribution in [3.05, 3.63) is 52.8 Å². The highest BCUT2D eigenvalue weighted by atomic mass is 19.1. The van der Waals surface area contributed by atoms with E-state index in [1.54, 1.807) is 0 Å². The standard InChI is InChI=1S/C15H15FN6O2/c1-9(2)14-20-22(15(24)11-5-10(16)6-21(11)14)7-13(23)19-12-3-4-17-8-18-12/h3-6,8-9H,7H2,1-2H3,(H,17,18,19,23). The minimum absolute atomic E-state index is 0.0592. The van der Waals surface area contributed by atoms with Crippen LogP contribution < -0.4 is 10.9 Å². The highest BCUT2D eigenvalue weighted by molar-refractivity contribution is 5.89. The molecule has 3 aromatic heterocycles. The third-order valence-corrected chi connectivity index (χ3v) is 3.37. The molecule has 3 aromatic rings. The highest BCUT2D eigenvalue weighted by Crippen LogP contribution is 2.14. The van der Waals surface area contributed by atoms with Gasteiger partial charge >= 0.3 is 0 Å². The van der Waals surface area contributed by atoms with Gasteiger partial charge in [-0.2, -0.15) is 5.10 Å². The molecule has 0 atom stereocenters. The van der Waals surface area contributed by atoms with Gasteiger partial charge in [-0.15, -0.1) is 0 Å². The minimum atomic E-state index is -0.541. The van der Waals surface area contributed by atoms with Gasteiger partial charge in [0.15, 0.2) is 0 Å². The predicted molar refractivity (Wildman–Crippen MR) is 84.2 cm³/mol. The molecule has 0 unspecified atom stereocenters. The number of anilines is 1. The van der Waals surface area contributed by atoms with E-state index in [0.717, 1.165) is 10.7 Å². The summed E-state index contributed by atoms with van der Waals surface area (Å²) < 4.78 is 16.0. The zero-order valence-electron chi connectivity index (χ0n) is 13.1. The van der Waals surface area contributed by atoms with Crippen molar-refractivity contribution in [3.8, 4) is 0 Å². The number of nitrogens with zero attached hydrogens (tertiary/aromatic N) is 5. The zero-order chi connectivity index (χ0) is 17.3. The molecule has 24 heavy (non-hydrogen) atoms. The van der Waals surface area contributed by atoms with E-state index >= 15 is 0 Å². The second-order valence-electron chi connectivity index (χ2n) is 5.53. The number of nitrogens with one attached hydrogen (secondary N) is 1. The fourth-order valence-corrected chi connectivity index (χ4v) is 2.32. The molecule has 3 rings (SSSR count). The lowest BCUT2D eigenvalue weighted by Crippen LogP contribution is -2.32. The predicted octanol–water partition coefficient (Wildman–Crippen LogP) is 1.19. The van der Waals surface area contributed by atoms with Crippen LogP contribution >= 0.6 is 0 Å². The maximum Gasteiger partial charge on any atom is 0.291 e. The first kappa shape index (κ1) is 15.8. The molecule has 0 aliphatic carbocycles. The maximum absolute atomic E-state index is 13.5. The van der Waals surface area contributed by atoms with Gasteiger partial charge in [-0.1, -0.05) is 13.8 Å². The number of hydrogen-bond acceptors (Lipinski definition) is 5. The topological polar surface area (TPSA) is 94.2 Å². The molecule has 0 radical (unpaired) electrons. The van der Waals surface area contributed by atoms with E-state index in [1.165, 1.54) is 29.2 Å². The fourth-order valence-electron chi connectivity index (χ4n) is 2.32. The Morgan fingerprint density at radius 1 is 1.42 bits per heavy atom. The molecule has 0 aliphatic rings. The number of amides is 1. The molecule has 3 heterocycles. The first-order valence-corrected chi connectivity index (χ1v) is 7.30. The van der Waals surface area contributed by atoms with Crippen LogP contribution in [0, 0.1) is 5.82 Å². The van der Waals surface area contributed by atoms with Crippen molar-refractivity contribution >= 4 is 17.2 Å². The van der Waals surface area contributed by atoms with E-state index in [4.69, 9.17) is 0 Å². The molecule has 0 fully saturated rings. The summed E-state index contributed by atoms with van der Waals surface area (Å²) in [5.74, 6) is -0.241. The number of aromatic nitrogens is 5. The molecule has 0 saturated carbocycles. The van der Waals surface area contributed by atoms with E-state index in [-0.39, 0.29) is 18.0 Å². The van der Waals surface area contributed by atoms with Gasteiger partial charge in [0.05, 0.1) is 0 Å². The first-order valence-electron chi connectivity index (χ1n) is 7.30. The summed E-state index contributed by atoms with van der Waals surface area (Å²) in [5.41, 5.74) is -0.401. The number of fused-ring (bicyclic) bond motifs is 1. The van der Waals surface area contributed by atoms with Crippen LogP contribution in [0.25, 0.3) is 5.52 Å². The molecule has 0 saturated heterocycles. The lowest BCUT2D eigenvalue weighted by molar-refractivity contribution is -0.117. The molecule has 9 heteroatoms. The average molecular weight is 330 g/mol. The molecule has 8 nitrogen and oxygen atoms in total. The molecule has 124 valence electrons. The summed E-state index contributed by atoms with van der Waals surface area (Å²) in [4.78, 5) is 32.1. The van der Waals surface area contributed by atoms with Crippen LogP contribution in [0.4, 0.5) is 10.2 Å². The summed E-state index contributed by atoms with van der Waals surface area (Å²) >= 11 is 0. The van der Waals surface area contributed by atoms with Crippen molar-refractivity contribution in [1.29, 1.82) is 0 Å². The summed E-state index contributed by atoms with van der Waals surface area (Å²) in [7, 11) is 0. The monoisotopic (exact) mass is 330 g/mol. The smallest absolute Gasteiger partial charge is 0.291 e. The van der Waals surface area contributed by atoms with Gasteiger partial charge in [0.1, 0.15) is 35.8 Å². The second-order valence-corrected chi connectivity index (χ2v) is 5.53. The Hall–Kier alpha value is -3.10. The van der Waals surface area contributed by atoms with Crippen LogP contribution in [-0.2, 0) is 11.3 Å². The zero-order valence-corrected chi connectivity index (χ0v) is 13.1. The van der Waals surface area contributed by atoms with Crippen molar-refractivity contribution in [1.82, 2.24) is 24.1 Å². The van der Waals surface area contributed by atoms with E-state index < -0.39 is 17.3 Å². The molecule has 1 amide bonds. The fraction of sp³-hybridized carbons (Fsp3) is 0.267. The van der Waals surface area contributed by atoms with Crippen molar-refractivity contribution in [3.63, 3.8) is 0 Å². The molecular formula is C15H15FN6O2. The normalized spacial score (nSPS) is 11.2. The number of rotatable bonds is 4. The molecule has 1 N–H and O–H groups in total. The second kappa shape index (κ2) is 6.19. The van der Waals surface area contributed by atoms with E-state index in [1.807, 2.05) is 13.8 Å². The minimum Gasteiger partial charge on any atom is -0.309 e. The third kappa shape index (κ3) is 3.00. The lowest BCUT2D eigenvalue weighted by atomic mass is 10.2. The summed E-state index contributed by atoms with van der Waals surface area (Å²) in [5, 5.41) is 6.75. The summed E-state index contributed by atoms with van der Waals surface area (Å²) in [6.07, 6.45) is 4.00. The Balaban J connectivity index is 1.96. The molecule has 0 bridgehead atoms. The van der Waals surface area contributed by atoms with Crippen LogP contribution in [0.5, 0.6) is 0 Å². The average Bonchev–Trinajstić information content (AvgIpc) is 2.92. The molecule has 0 aliphatic heterocycles. The van der Waals surface area contributed by atoms with Crippen LogP contribution in [0.15, 0.2) is 35.6 Å². The van der Waals surface area contributed by atoms with Gasteiger partial charge in [-0.25, -0.2) is 19.0 Å². The van der Waals surface area contributed by atoms with Crippen molar-refractivity contribution in [2.75, 3.05) is 5.32 Å². The van der Waals surface area contributed by atoms with Crippen molar-refractivity contribution < 1.29 is 9.18 Å². The summed E-state index contributed by atoms with van der Waals surface area (Å²) in [6, 6.07) is 2.66. The third-order valence-electron chi connectivity index (χ3n) is 3.37. The van der Waals surface area contributed by atoms with Crippen molar-refractivity contribution in [2.45, 2.75) is 26.3 Å². The van der Waals surface area contributed by atoms with Gasteiger partial charge in [0.25, 0.3) is 5.56 Å². The number of hydrogen-bond donors (Lipinski definition) is 1. The van der Waals surface area contributed by atoms with Crippen LogP contribution in [0.3, 0.4) is 0 Å². The van der Waals surface area contributed by atoms with Crippen LogP contribution in [-0.4, -0.2) is 30.1 Å². The van der Waals surface area contributed by atoms with Gasteiger partial charge in [0, 0.05) is 24.4 Å². The largest absolute Gasteiger partial charge is 0.309 e. The first-order chi connectivity index (χ1) is 11.5. The highest BCUT2D eigenvalue weighted by Gasteiger charge is 2.16. The van der Waals surface area contributed by atoms with Gasteiger partial charge in [0.2, 0.25) is 5.91 Å². The maximum atomic E-state index is 13.5. The van der Waals surface area contributed by atoms with Gasteiger partial charge < -0.3 is 5.32 Å². The van der Waals surface area contributed by atoms with E-state index in [9.17, 15) is 14.0 Å². The molecular weight excluding hydrogens is 315 g/mol. The Morgan fingerprint density at radius 2 is 2.21 bits per heavy atom.